The van der Waals surface area contributed by atoms with Crippen LogP contribution in [0.5, 0.6) is 0 Å². The number of carbonyl (C=O) groups excluding carboxylic acids is 2. The van der Waals surface area contributed by atoms with Crippen LogP contribution in [0.25, 0.3) is 0 Å². The first-order chi connectivity index (χ1) is 13.6. The van der Waals surface area contributed by atoms with Crippen LogP contribution < -0.4 is 0 Å². The molecule has 28 heavy (non-hydrogen) atoms. The maximum absolute atomic E-state index is 12.5. The number of ether oxygens (including phenoxy) is 1. The fraction of sp³-hybridized carbons (Fsp3) is 0.524. The van der Waals surface area contributed by atoms with E-state index in [2.05, 4.69) is 0 Å². The SMILES string of the molecule is CCCN(Cc1cccn1Cc1ccc(C(=O)N2CCCC2)o1)C(=O)COC. The lowest BCUT2D eigenvalue weighted by Crippen LogP contribution is -2.34. The van der Waals surface area contributed by atoms with Gasteiger partial charge in [-0.15, -0.1) is 0 Å². The molecule has 1 saturated heterocycles. The first-order valence-corrected chi connectivity index (χ1v) is 9.91. The lowest BCUT2D eigenvalue weighted by Gasteiger charge is -2.22. The van der Waals surface area contributed by atoms with Crippen molar-refractivity contribution in [3.63, 3.8) is 0 Å². The zero-order chi connectivity index (χ0) is 19.9. The number of aromatic nitrogens is 1. The summed E-state index contributed by atoms with van der Waals surface area (Å²) < 4.78 is 12.9. The molecule has 0 spiro atoms. The molecular formula is C21H29N3O4. The van der Waals surface area contributed by atoms with Crippen LogP contribution in [0, 0.1) is 0 Å². The van der Waals surface area contributed by atoms with E-state index in [1.54, 1.807) is 11.0 Å². The summed E-state index contributed by atoms with van der Waals surface area (Å²) >= 11 is 0. The minimum atomic E-state index is -0.0317. The predicted octanol–water partition coefficient (Wildman–Crippen LogP) is 2.75. The molecule has 0 unspecified atom stereocenters. The van der Waals surface area contributed by atoms with E-state index in [1.807, 2.05) is 40.8 Å². The van der Waals surface area contributed by atoms with E-state index >= 15 is 0 Å². The van der Waals surface area contributed by atoms with Gasteiger partial charge in [0.15, 0.2) is 5.76 Å². The molecule has 0 saturated carbocycles. The van der Waals surface area contributed by atoms with E-state index in [0.29, 0.717) is 25.4 Å². The zero-order valence-corrected chi connectivity index (χ0v) is 16.7. The fourth-order valence-electron chi connectivity index (χ4n) is 3.54. The molecule has 1 aliphatic rings. The minimum Gasteiger partial charge on any atom is -0.454 e. The Morgan fingerprint density at radius 2 is 2.00 bits per heavy atom. The highest BCUT2D eigenvalue weighted by Crippen LogP contribution is 2.17. The third kappa shape index (κ3) is 4.84. The zero-order valence-electron chi connectivity index (χ0n) is 16.7. The van der Waals surface area contributed by atoms with Crippen molar-refractivity contribution in [3.05, 3.63) is 47.7 Å². The largest absolute Gasteiger partial charge is 0.454 e. The van der Waals surface area contributed by atoms with Crippen molar-refractivity contribution in [2.75, 3.05) is 33.4 Å². The van der Waals surface area contributed by atoms with Crippen molar-refractivity contribution in [1.29, 1.82) is 0 Å². The van der Waals surface area contributed by atoms with E-state index in [1.165, 1.54) is 7.11 Å². The van der Waals surface area contributed by atoms with Crippen molar-refractivity contribution in [1.82, 2.24) is 14.4 Å². The number of likely N-dealkylation sites (tertiary alicyclic amines) is 1. The number of furan rings is 1. The Kier molecular flexibility index (Phi) is 6.92. The van der Waals surface area contributed by atoms with Crippen molar-refractivity contribution in [2.24, 2.45) is 0 Å². The van der Waals surface area contributed by atoms with Crippen LogP contribution >= 0.6 is 0 Å². The van der Waals surface area contributed by atoms with Crippen LogP contribution in [0.4, 0.5) is 0 Å². The Morgan fingerprint density at radius 1 is 1.21 bits per heavy atom. The molecule has 1 fully saturated rings. The second-order valence-corrected chi connectivity index (χ2v) is 7.14. The van der Waals surface area contributed by atoms with Gasteiger partial charge in [-0.25, -0.2) is 0 Å². The Bertz CT molecular complexity index is 789. The fourth-order valence-corrected chi connectivity index (χ4v) is 3.54. The number of carbonyl (C=O) groups is 2. The van der Waals surface area contributed by atoms with E-state index in [0.717, 1.165) is 43.8 Å². The summed E-state index contributed by atoms with van der Waals surface area (Å²) in [6.45, 7) is 5.47. The summed E-state index contributed by atoms with van der Waals surface area (Å²) in [7, 11) is 1.53. The van der Waals surface area contributed by atoms with Gasteiger partial charge in [0.2, 0.25) is 5.91 Å². The summed E-state index contributed by atoms with van der Waals surface area (Å²) in [6, 6.07) is 7.57. The smallest absolute Gasteiger partial charge is 0.289 e. The molecule has 0 atom stereocenters. The topological polar surface area (TPSA) is 67.9 Å². The Balaban J connectivity index is 1.67. The highest BCUT2D eigenvalue weighted by atomic mass is 16.5. The molecule has 0 aromatic carbocycles. The first kappa shape index (κ1) is 20.2. The van der Waals surface area contributed by atoms with Crippen molar-refractivity contribution in [3.8, 4) is 0 Å². The molecule has 0 radical (unpaired) electrons. The quantitative estimate of drug-likeness (QED) is 0.664. The van der Waals surface area contributed by atoms with Gasteiger partial charge in [-0.2, -0.15) is 0 Å². The Morgan fingerprint density at radius 3 is 2.71 bits per heavy atom. The normalized spacial score (nSPS) is 13.9. The number of nitrogens with zero attached hydrogens (tertiary/aromatic N) is 3. The van der Waals surface area contributed by atoms with Crippen LogP contribution in [-0.4, -0.2) is 59.5 Å². The third-order valence-corrected chi connectivity index (χ3v) is 4.98. The van der Waals surface area contributed by atoms with Crippen LogP contribution in [0.1, 0.15) is 48.2 Å². The van der Waals surface area contributed by atoms with Crippen molar-refractivity contribution < 1.29 is 18.7 Å². The first-order valence-electron chi connectivity index (χ1n) is 9.91. The van der Waals surface area contributed by atoms with Crippen LogP contribution in [0.3, 0.4) is 0 Å². The monoisotopic (exact) mass is 387 g/mol. The third-order valence-electron chi connectivity index (χ3n) is 4.98. The molecule has 2 aromatic rings. The average Bonchev–Trinajstić information content (AvgIpc) is 3.44. The summed E-state index contributed by atoms with van der Waals surface area (Å²) in [5, 5.41) is 0. The number of methoxy groups -OCH3 is 1. The molecule has 3 heterocycles. The predicted molar refractivity (Wildman–Crippen MR) is 105 cm³/mol. The van der Waals surface area contributed by atoms with Gasteiger partial charge in [0.05, 0.1) is 13.1 Å². The number of hydrogen-bond acceptors (Lipinski definition) is 4. The standard InChI is InChI=1S/C21H29N3O4/c1-3-10-24(20(25)16-27-2)14-17-7-6-13-23(17)15-18-8-9-19(28-18)21(26)22-11-4-5-12-22/h6-9,13H,3-5,10-12,14-16H2,1-2H3. The molecule has 152 valence electrons. The van der Waals surface area contributed by atoms with Crippen LogP contribution in [0.2, 0.25) is 0 Å². The van der Waals surface area contributed by atoms with Gasteiger partial charge in [0, 0.05) is 38.6 Å². The van der Waals surface area contributed by atoms with Gasteiger partial charge in [-0.3, -0.25) is 9.59 Å². The summed E-state index contributed by atoms with van der Waals surface area (Å²) in [6.07, 6.45) is 4.96. The van der Waals surface area contributed by atoms with E-state index in [9.17, 15) is 9.59 Å². The molecule has 0 bridgehead atoms. The molecule has 1 aliphatic heterocycles. The highest BCUT2D eigenvalue weighted by Gasteiger charge is 2.22. The van der Waals surface area contributed by atoms with Crippen LogP contribution in [-0.2, 0) is 22.6 Å². The Hall–Kier alpha value is -2.54. The average molecular weight is 387 g/mol. The lowest BCUT2D eigenvalue weighted by molar-refractivity contribution is -0.135. The van der Waals surface area contributed by atoms with Crippen LogP contribution in [0.15, 0.2) is 34.9 Å². The van der Waals surface area contributed by atoms with Gasteiger partial charge in [0.25, 0.3) is 5.91 Å². The minimum absolute atomic E-state index is 0.0198. The second kappa shape index (κ2) is 9.59. The lowest BCUT2D eigenvalue weighted by atomic mass is 10.3. The van der Waals surface area contributed by atoms with E-state index in [-0.39, 0.29) is 18.4 Å². The Labute approximate surface area is 165 Å². The maximum atomic E-state index is 12.5. The molecule has 0 N–H and O–H groups in total. The molecule has 7 nitrogen and oxygen atoms in total. The van der Waals surface area contributed by atoms with Crippen molar-refractivity contribution >= 4 is 11.8 Å². The second-order valence-electron chi connectivity index (χ2n) is 7.14. The van der Waals surface area contributed by atoms with Gasteiger partial charge in [-0.05, 0) is 43.5 Å². The number of hydrogen-bond donors (Lipinski definition) is 0. The van der Waals surface area contributed by atoms with Gasteiger partial charge < -0.3 is 23.5 Å². The summed E-state index contributed by atoms with van der Waals surface area (Å²) in [5.41, 5.74) is 1.02. The van der Waals surface area contributed by atoms with Crippen molar-refractivity contribution in [2.45, 2.75) is 39.3 Å². The molecule has 3 rings (SSSR count). The summed E-state index contributed by atoms with van der Waals surface area (Å²) in [4.78, 5) is 28.4. The van der Waals surface area contributed by atoms with E-state index in [4.69, 9.17) is 9.15 Å². The maximum Gasteiger partial charge on any atom is 0.289 e. The molecule has 2 amide bonds. The molecular weight excluding hydrogens is 358 g/mol. The molecule has 2 aromatic heterocycles. The molecule has 0 aliphatic carbocycles. The van der Waals surface area contributed by atoms with Gasteiger partial charge in [0.1, 0.15) is 12.4 Å². The van der Waals surface area contributed by atoms with Gasteiger partial charge in [-0.1, -0.05) is 6.92 Å². The van der Waals surface area contributed by atoms with E-state index < -0.39 is 0 Å². The summed E-state index contributed by atoms with van der Waals surface area (Å²) in [5.74, 6) is 1.07. The number of rotatable bonds is 9. The molecule has 7 heteroatoms. The van der Waals surface area contributed by atoms with Gasteiger partial charge >= 0.3 is 0 Å². The number of amides is 2. The highest BCUT2D eigenvalue weighted by molar-refractivity contribution is 5.91.